The number of nitrogens with zero attached hydrogens (tertiary/aromatic N) is 1. The molecule has 0 aromatic heterocycles. The number of aliphatic hydroxyl groups excluding tert-OH is 1. The molecule has 1 fully saturated rings. The van der Waals surface area contributed by atoms with E-state index in [9.17, 15) is 19.1 Å². The summed E-state index contributed by atoms with van der Waals surface area (Å²) in [6.45, 7) is 4.84. The Kier molecular flexibility index (Phi) is 6.60. The lowest BCUT2D eigenvalue weighted by Gasteiger charge is -2.23. The zero-order chi connectivity index (χ0) is 22.6. The van der Waals surface area contributed by atoms with Crippen LogP contribution in [0.2, 0.25) is 0 Å². The molecule has 2 aromatic rings. The second-order valence-corrected chi connectivity index (χ2v) is 7.42. The van der Waals surface area contributed by atoms with Crippen molar-refractivity contribution in [3.05, 3.63) is 72.1 Å². The molecule has 0 saturated carbocycles. The number of rotatable bonds is 9. The van der Waals surface area contributed by atoms with Gasteiger partial charge in [0.2, 0.25) is 0 Å². The fourth-order valence-corrected chi connectivity index (χ4v) is 3.42. The zero-order valence-electron chi connectivity index (χ0n) is 17.4. The van der Waals surface area contributed by atoms with Gasteiger partial charge in [0.1, 0.15) is 24.1 Å². The van der Waals surface area contributed by atoms with Crippen LogP contribution in [0.3, 0.4) is 0 Å². The van der Waals surface area contributed by atoms with Crippen molar-refractivity contribution < 1.29 is 28.6 Å². The van der Waals surface area contributed by atoms with Gasteiger partial charge in [-0.2, -0.15) is 0 Å². The van der Waals surface area contributed by atoms with Crippen molar-refractivity contribution in [3.63, 3.8) is 0 Å². The highest BCUT2D eigenvalue weighted by atomic mass is 19.1. The number of aliphatic hydroxyl groups is 1. The van der Waals surface area contributed by atoms with Gasteiger partial charge in [-0.05, 0) is 48.7 Å². The van der Waals surface area contributed by atoms with E-state index in [0.717, 1.165) is 10.5 Å². The van der Waals surface area contributed by atoms with E-state index in [2.05, 4.69) is 11.9 Å². The number of hydrogen-bond acceptors (Lipinski definition) is 5. The third-order valence-corrected chi connectivity index (χ3v) is 5.13. The van der Waals surface area contributed by atoms with Gasteiger partial charge in [-0.3, -0.25) is 9.69 Å². The molecule has 31 heavy (non-hydrogen) atoms. The molecule has 0 radical (unpaired) electrons. The number of carbonyl (C=O) groups is 2. The molecule has 2 atom stereocenters. The van der Waals surface area contributed by atoms with Crippen molar-refractivity contribution >= 4 is 11.9 Å². The maximum Gasteiger partial charge on any atom is 0.325 e. The van der Waals surface area contributed by atoms with Gasteiger partial charge in [-0.25, -0.2) is 9.18 Å². The summed E-state index contributed by atoms with van der Waals surface area (Å²) in [4.78, 5) is 26.2. The van der Waals surface area contributed by atoms with E-state index in [4.69, 9.17) is 9.47 Å². The Bertz CT molecular complexity index is 978. The van der Waals surface area contributed by atoms with Gasteiger partial charge in [0, 0.05) is 0 Å². The number of methoxy groups -OCH3 is 1. The highest BCUT2D eigenvalue weighted by Gasteiger charge is 2.49. The highest BCUT2D eigenvalue weighted by molar-refractivity contribution is 6.07. The van der Waals surface area contributed by atoms with E-state index >= 15 is 0 Å². The van der Waals surface area contributed by atoms with Gasteiger partial charge < -0.3 is 19.9 Å². The number of ether oxygens (including phenoxy) is 2. The molecular formula is C23H25FN2O5. The predicted molar refractivity (Wildman–Crippen MR) is 112 cm³/mol. The molecule has 3 rings (SSSR count). The van der Waals surface area contributed by atoms with Gasteiger partial charge in [0.05, 0.1) is 13.7 Å². The minimum Gasteiger partial charge on any atom is -0.493 e. The maximum absolute atomic E-state index is 13.2. The van der Waals surface area contributed by atoms with E-state index in [-0.39, 0.29) is 13.2 Å². The van der Waals surface area contributed by atoms with Crippen molar-refractivity contribution in [1.82, 2.24) is 10.2 Å². The Labute approximate surface area is 180 Å². The van der Waals surface area contributed by atoms with Crippen molar-refractivity contribution in [2.45, 2.75) is 25.0 Å². The molecule has 2 N–H and O–H groups in total. The van der Waals surface area contributed by atoms with Crippen LogP contribution in [0.15, 0.2) is 55.1 Å². The average Bonchev–Trinajstić information content (AvgIpc) is 2.97. The Morgan fingerprint density at radius 3 is 2.58 bits per heavy atom. The molecule has 164 valence electrons. The first-order valence-electron chi connectivity index (χ1n) is 9.77. The quantitative estimate of drug-likeness (QED) is 0.474. The fourth-order valence-electron chi connectivity index (χ4n) is 3.42. The number of amides is 3. The summed E-state index contributed by atoms with van der Waals surface area (Å²) in [6, 6.07) is 10.1. The van der Waals surface area contributed by atoms with Crippen LogP contribution in [0.25, 0.3) is 0 Å². The Hall–Kier alpha value is -3.39. The van der Waals surface area contributed by atoms with Gasteiger partial charge in [0.15, 0.2) is 11.5 Å². The van der Waals surface area contributed by atoms with Crippen molar-refractivity contribution in [2.24, 2.45) is 0 Å². The van der Waals surface area contributed by atoms with Crippen LogP contribution in [-0.2, 0) is 16.8 Å². The summed E-state index contributed by atoms with van der Waals surface area (Å²) in [5.74, 6) is -0.0378. The standard InChI is InChI=1S/C23H25FN2O5/c1-4-5-15-6-11-19(20(12-15)30-3)31-14-18(27)13-26-21(28)23(2,25-22(26)29)16-7-9-17(24)10-8-16/h4,6-12,18,27H,1,5,13-14H2,2-3H3,(H,25,29). The van der Waals surface area contributed by atoms with Gasteiger partial charge in [0.25, 0.3) is 5.91 Å². The average molecular weight is 428 g/mol. The van der Waals surface area contributed by atoms with E-state index in [0.29, 0.717) is 23.5 Å². The van der Waals surface area contributed by atoms with Gasteiger partial charge >= 0.3 is 6.03 Å². The molecule has 0 aliphatic carbocycles. The van der Waals surface area contributed by atoms with E-state index in [1.807, 2.05) is 12.1 Å². The number of halogens is 1. The van der Waals surface area contributed by atoms with Crippen LogP contribution >= 0.6 is 0 Å². The first-order chi connectivity index (χ1) is 14.8. The number of hydrogen-bond donors (Lipinski definition) is 2. The molecular weight excluding hydrogens is 403 g/mol. The maximum atomic E-state index is 13.2. The molecule has 2 aromatic carbocycles. The second kappa shape index (κ2) is 9.18. The molecule has 0 bridgehead atoms. The van der Waals surface area contributed by atoms with E-state index in [1.54, 1.807) is 19.1 Å². The Morgan fingerprint density at radius 2 is 1.94 bits per heavy atom. The van der Waals surface area contributed by atoms with Crippen molar-refractivity contribution in [1.29, 1.82) is 0 Å². The Morgan fingerprint density at radius 1 is 1.23 bits per heavy atom. The number of carbonyl (C=O) groups excluding carboxylic acids is 2. The minimum absolute atomic E-state index is 0.151. The lowest BCUT2D eigenvalue weighted by Crippen LogP contribution is -2.42. The first kappa shape index (κ1) is 22.3. The molecule has 0 spiro atoms. The molecule has 7 nitrogen and oxygen atoms in total. The summed E-state index contributed by atoms with van der Waals surface area (Å²) in [6.07, 6.45) is 1.33. The minimum atomic E-state index is -1.34. The van der Waals surface area contributed by atoms with Crippen LogP contribution in [0, 0.1) is 5.82 Å². The predicted octanol–water partition coefficient (Wildman–Crippen LogP) is 2.77. The fraction of sp³-hybridized carbons (Fsp3) is 0.304. The monoisotopic (exact) mass is 428 g/mol. The summed E-state index contributed by atoms with van der Waals surface area (Å²) in [5.41, 5.74) is 0.110. The third kappa shape index (κ3) is 4.69. The Balaban J connectivity index is 1.65. The van der Waals surface area contributed by atoms with Crippen LogP contribution < -0.4 is 14.8 Å². The third-order valence-electron chi connectivity index (χ3n) is 5.13. The lowest BCUT2D eigenvalue weighted by molar-refractivity contribution is -0.132. The van der Waals surface area contributed by atoms with E-state index in [1.165, 1.54) is 31.4 Å². The summed E-state index contributed by atoms with van der Waals surface area (Å²) in [7, 11) is 1.51. The van der Waals surface area contributed by atoms with Crippen LogP contribution in [0.4, 0.5) is 9.18 Å². The summed E-state index contributed by atoms with van der Waals surface area (Å²) < 4.78 is 24.2. The smallest absolute Gasteiger partial charge is 0.325 e. The molecule has 1 aliphatic heterocycles. The van der Waals surface area contributed by atoms with Crippen molar-refractivity contribution in [3.8, 4) is 11.5 Å². The van der Waals surface area contributed by atoms with Crippen LogP contribution in [-0.4, -0.2) is 48.3 Å². The molecule has 1 heterocycles. The topological polar surface area (TPSA) is 88.1 Å². The van der Waals surface area contributed by atoms with Gasteiger partial charge in [-0.1, -0.05) is 24.3 Å². The second-order valence-electron chi connectivity index (χ2n) is 7.42. The number of nitrogens with one attached hydrogen (secondary N) is 1. The lowest BCUT2D eigenvalue weighted by atomic mass is 9.92. The summed E-state index contributed by atoms with van der Waals surface area (Å²) in [5, 5.41) is 13.0. The van der Waals surface area contributed by atoms with Crippen LogP contribution in [0.5, 0.6) is 11.5 Å². The van der Waals surface area contributed by atoms with Gasteiger partial charge in [-0.15, -0.1) is 6.58 Å². The molecule has 1 saturated heterocycles. The highest BCUT2D eigenvalue weighted by Crippen LogP contribution is 2.30. The zero-order valence-corrected chi connectivity index (χ0v) is 17.4. The van der Waals surface area contributed by atoms with Crippen LogP contribution in [0.1, 0.15) is 18.1 Å². The summed E-state index contributed by atoms with van der Waals surface area (Å²) >= 11 is 0. The number of β-amino-alcohol motifs (C(OH)–C–C–N with tert-alkyl or cyclic N) is 1. The normalized spacial score (nSPS) is 19.2. The number of urea groups is 1. The van der Waals surface area contributed by atoms with E-state index < -0.39 is 29.4 Å². The largest absolute Gasteiger partial charge is 0.493 e. The molecule has 3 amide bonds. The molecule has 1 aliphatic rings. The van der Waals surface area contributed by atoms with Crippen molar-refractivity contribution in [2.75, 3.05) is 20.3 Å². The number of allylic oxidation sites excluding steroid dienone is 1. The number of benzene rings is 2. The first-order valence-corrected chi connectivity index (χ1v) is 9.77. The molecule has 8 heteroatoms. The molecule has 2 unspecified atom stereocenters. The number of imide groups is 1. The SMILES string of the molecule is C=CCc1ccc(OCC(O)CN2C(=O)NC(C)(c3ccc(F)cc3)C2=O)c(OC)c1.